The van der Waals surface area contributed by atoms with Gasteiger partial charge in [-0.05, 0) is 25.9 Å². The summed E-state index contributed by atoms with van der Waals surface area (Å²) in [6.45, 7) is 2.12. The molecule has 92 valence electrons. The molecule has 17 heavy (non-hydrogen) atoms. The highest BCUT2D eigenvalue weighted by Gasteiger charge is 2.21. The number of anilines is 1. The fourth-order valence-corrected chi connectivity index (χ4v) is 2.39. The van der Waals surface area contributed by atoms with E-state index in [9.17, 15) is 0 Å². The third-order valence-corrected chi connectivity index (χ3v) is 3.23. The molecule has 2 aromatic rings. The van der Waals surface area contributed by atoms with Gasteiger partial charge in [0.05, 0.1) is 12.0 Å². The summed E-state index contributed by atoms with van der Waals surface area (Å²) in [6.07, 6.45) is 7.67. The van der Waals surface area contributed by atoms with Gasteiger partial charge < -0.3 is 15.5 Å². The number of hydrogen-bond acceptors (Lipinski definition) is 4. The molecule has 1 saturated heterocycles. The molecule has 0 bridgehead atoms. The molecular formula is C11H16ClN5. The summed E-state index contributed by atoms with van der Waals surface area (Å²) in [4.78, 5) is 8.63. The lowest BCUT2D eigenvalue weighted by atomic mass is 9.94. The largest absolute Gasteiger partial charge is 0.382 e. The van der Waals surface area contributed by atoms with Crippen molar-refractivity contribution in [3.05, 3.63) is 24.4 Å². The number of nitrogens with zero attached hydrogens (tertiary/aromatic N) is 3. The maximum Gasteiger partial charge on any atom is 0.149 e. The number of imidazole rings is 1. The van der Waals surface area contributed by atoms with Crippen LogP contribution in [0.3, 0.4) is 0 Å². The summed E-state index contributed by atoms with van der Waals surface area (Å²) < 4.78 is 1.96. The van der Waals surface area contributed by atoms with Crippen LogP contribution in [-0.2, 0) is 0 Å². The van der Waals surface area contributed by atoms with Crippen LogP contribution in [0.2, 0.25) is 0 Å². The second-order valence-corrected chi connectivity index (χ2v) is 4.22. The minimum absolute atomic E-state index is 0. The van der Waals surface area contributed by atoms with Crippen molar-refractivity contribution in [3.63, 3.8) is 0 Å². The molecule has 2 aromatic heterocycles. The maximum atomic E-state index is 5.92. The normalized spacial score (nSPS) is 16.9. The summed E-state index contributed by atoms with van der Waals surface area (Å²) >= 11 is 0. The molecule has 0 unspecified atom stereocenters. The van der Waals surface area contributed by atoms with Gasteiger partial charge in [-0.1, -0.05) is 0 Å². The molecule has 0 spiro atoms. The fraction of sp³-hybridized carbons (Fsp3) is 0.455. The van der Waals surface area contributed by atoms with Gasteiger partial charge in [0, 0.05) is 18.3 Å². The Hall–Kier alpha value is -1.33. The lowest BCUT2D eigenvalue weighted by Gasteiger charge is -2.21. The first kappa shape index (κ1) is 12.1. The Bertz CT molecular complexity index is 504. The fourth-order valence-electron chi connectivity index (χ4n) is 2.39. The van der Waals surface area contributed by atoms with E-state index in [0.29, 0.717) is 11.7 Å². The van der Waals surface area contributed by atoms with Crippen molar-refractivity contribution < 1.29 is 0 Å². The van der Waals surface area contributed by atoms with Crippen LogP contribution in [0.15, 0.2) is 18.7 Å². The number of rotatable bonds is 1. The third kappa shape index (κ3) is 2.08. The predicted molar refractivity (Wildman–Crippen MR) is 69.5 cm³/mol. The van der Waals surface area contributed by atoms with E-state index in [1.54, 1.807) is 6.20 Å². The summed E-state index contributed by atoms with van der Waals surface area (Å²) in [5, 5.41) is 3.36. The summed E-state index contributed by atoms with van der Waals surface area (Å²) in [5.74, 6) is 1.09. The Morgan fingerprint density at radius 3 is 2.82 bits per heavy atom. The average molecular weight is 254 g/mol. The molecule has 0 aliphatic carbocycles. The van der Waals surface area contributed by atoms with Gasteiger partial charge in [-0.15, -0.1) is 12.4 Å². The van der Waals surface area contributed by atoms with Crippen molar-refractivity contribution in [3.8, 4) is 0 Å². The van der Waals surface area contributed by atoms with E-state index >= 15 is 0 Å². The van der Waals surface area contributed by atoms with Gasteiger partial charge in [0.15, 0.2) is 0 Å². The quantitative estimate of drug-likeness (QED) is 0.801. The highest BCUT2D eigenvalue weighted by molar-refractivity contribution is 5.85. The van der Waals surface area contributed by atoms with E-state index in [2.05, 4.69) is 15.3 Å². The van der Waals surface area contributed by atoms with Gasteiger partial charge in [-0.3, -0.25) is 0 Å². The zero-order valence-electron chi connectivity index (χ0n) is 9.47. The van der Waals surface area contributed by atoms with Gasteiger partial charge >= 0.3 is 0 Å². The molecule has 3 rings (SSSR count). The van der Waals surface area contributed by atoms with Crippen LogP contribution >= 0.6 is 12.4 Å². The molecule has 5 nitrogen and oxygen atoms in total. The van der Waals surface area contributed by atoms with Crippen molar-refractivity contribution in [2.24, 2.45) is 0 Å². The standard InChI is InChI=1S/C11H15N5.ClH/c12-11-10-9(8-1-3-13-4-2-8)15-7-16(10)6-5-14-11;/h5-8,13H,1-4H2,(H2,12,14);1H. The number of aromatic nitrogens is 3. The molecule has 1 fully saturated rings. The van der Waals surface area contributed by atoms with Crippen molar-refractivity contribution in [1.82, 2.24) is 19.7 Å². The lowest BCUT2D eigenvalue weighted by Crippen LogP contribution is -2.26. The minimum atomic E-state index is 0. The van der Waals surface area contributed by atoms with Crippen LogP contribution in [0.5, 0.6) is 0 Å². The maximum absolute atomic E-state index is 5.92. The Kier molecular flexibility index (Phi) is 3.49. The topological polar surface area (TPSA) is 68.2 Å². The average Bonchev–Trinajstić information content (AvgIpc) is 2.75. The first-order chi connectivity index (χ1) is 7.86. The highest BCUT2D eigenvalue weighted by atomic mass is 35.5. The molecule has 0 aromatic carbocycles. The second kappa shape index (κ2) is 4.89. The molecule has 3 heterocycles. The van der Waals surface area contributed by atoms with Crippen molar-refractivity contribution in [2.75, 3.05) is 18.8 Å². The van der Waals surface area contributed by atoms with E-state index < -0.39 is 0 Å². The summed E-state index contributed by atoms with van der Waals surface area (Å²) in [7, 11) is 0. The molecule has 6 heteroatoms. The summed E-state index contributed by atoms with van der Waals surface area (Å²) in [5.41, 5.74) is 8.01. The van der Waals surface area contributed by atoms with Gasteiger partial charge in [0.25, 0.3) is 0 Å². The SMILES string of the molecule is Cl.Nc1nccn2cnc(C3CCNCC3)c12. The highest BCUT2D eigenvalue weighted by Crippen LogP contribution is 2.29. The van der Waals surface area contributed by atoms with Gasteiger partial charge in [0.2, 0.25) is 0 Å². The van der Waals surface area contributed by atoms with Crippen molar-refractivity contribution >= 4 is 23.7 Å². The molecule has 3 N–H and O–H groups in total. The lowest BCUT2D eigenvalue weighted by molar-refractivity contribution is 0.456. The van der Waals surface area contributed by atoms with E-state index in [1.165, 1.54) is 0 Å². The Balaban J connectivity index is 0.00000108. The first-order valence-corrected chi connectivity index (χ1v) is 5.64. The number of nitrogen functional groups attached to an aromatic ring is 1. The summed E-state index contributed by atoms with van der Waals surface area (Å²) in [6, 6.07) is 0. The number of halogens is 1. The van der Waals surface area contributed by atoms with E-state index in [0.717, 1.165) is 37.1 Å². The van der Waals surface area contributed by atoms with Gasteiger partial charge in [-0.2, -0.15) is 0 Å². The number of nitrogens with two attached hydrogens (primary N) is 1. The van der Waals surface area contributed by atoms with Gasteiger partial charge in [-0.25, -0.2) is 9.97 Å². The zero-order chi connectivity index (χ0) is 11.0. The van der Waals surface area contributed by atoms with Crippen LogP contribution in [0.25, 0.3) is 5.52 Å². The van der Waals surface area contributed by atoms with E-state index in [4.69, 9.17) is 5.73 Å². The second-order valence-electron chi connectivity index (χ2n) is 4.22. The molecule has 0 atom stereocenters. The van der Waals surface area contributed by atoms with Crippen LogP contribution < -0.4 is 11.1 Å². The molecule has 0 saturated carbocycles. The number of nitrogens with one attached hydrogen (secondary N) is 1. The van der Waals surface area contributed by atoms with Crippen LogP contribution in [0, 0.1) is 0 Å². The molecule has 1 aliphatic rings. The molecule has 0 radical (unpaired) electrons. The van der Waals surface area contributed by atoms with E-state index in [1.807, 2.05) is 16.9 Å². The number of hydrogen-bond donors (Lipinski definition) is 2. The predicted octanol–water partition coefficient (Wildman–Crippen LogP) is 1.20. The Labute approximate surface area is 106 Å². The minimum Gasteiger partial charge on any atom is -0.382 e. The Morgan fingerprint density at radius 2 is 2.06 bits per heavy atom. The van der Waals surface area contributed by atoms with Crippen molar-refractivity contribution in [2.45, 2.75) is 18.8 Å². The molecular weight excluding hydrogens is 238 g/mol. The zero-order valence-corrected chi connectivity index (χ0v) is 10.3. The molecule has 1 aliphatic heterocycles. The number of fused-ring (bicyclic) bond motifs is 1. The first-order valence-electron chi connectivity index (χ1n) is 5.64. The van der Waals surface area contributed by atoms with Crippen LogP contribution in [0.1, 0.15) is 24.5 Å². The smallest absolute Gasteiger partial charge is 0.149 e. The molecule has 0 amide bonds. The van der Waals surface area contributed by atoms with Gasteiger partial charge in [0.1, 0.15) is 11.3 Å². The van der Waals surface area contributed by atoms with Crippen LogP contribution in [-0.4, -0.2) is 27.5 Å². The van der Waals surface area contributed by atoms with Crippen molar-refractivity contribution in [1.29, 1.82) is 0 Å². The number of piperidine rings is 1. The van der Waals surface area contributed by atoms with Crippen LogP contribution in [0.4, 0.5) is 5.82 Å². The monoisotopic (exact) mass is 253 g/mol. The third-order valence-electron chi connectivity index (χ3n) is 3.23. The Morgan fingerprint density at radius 1 is 1.29 bits per heavy atom. The van der Waals surface area contributed by atoms with E-state index in [-0.39, 0.29) is 12.4 Å².